The minimum absolute atomic E-state index is 0.299. The minimum Gasteiger partial charge on any atom is -0.384 e. The highest BCUT2D eigenvalue weighted by molar-refractivity contribution is 7.71. The van der Waals surface area contributed by atoms with E-state index in [-0.39, 0.29) is 5.82 Å². The first kappa shape index (κ1) is 14.0. The van der Waals surface area contributed by atoms with Crippen LogP contribution in [0.25, 0.3) is 16.7 Å². The van der Waals surface area contributed by atoms with Crippen LogP contribution in [0, 0.1) is 10.6 Å². The molecule has 0 amide bonds. The number of ether oxygens (including phenoxy) is 1. The summed E-state index contributed by atoms with van der Waals surface area (Å²) in [6.45, 7) is 0.626. The molecule has 1 heterocycles. The second kappa shape index (κ2) is 5.79. The second-order valence-corrected chi connectivity index (χ2v) is 5.16. The molecule has 0 bridgehead atoms. The molecular formula is C16H15FN2OS. The van der Waals surface area contributed by atoms with Crippen molar-refractivity contribution in [2.24, 2.45) is 0 Å². The summed E-state index contributed by atoms with van der Waals surface area (Å²) in [6, 6.07) is 12.9. The van der Waals surface area contributed by atoms with E-state index >= 15 is 0 Å². The molecule has 21 heavy (non-hydrogen) atoms. The maximum absolute atomic E-state index is 13.9. The number of benzene rings is 2. The summed E-state index contributed by atoms with van der Waals surface area (Å²) in [6.07, 6.45) is 0.774. The molecule has 0 saturated heterocycles. The molecule has 1 aromatic heterocycles. The van der Waals surface area contributed by atoms with Crippen LogP contribution in [0.4, 0.5) is 4.39 Å². The van der Waals surface area contributed by atoms with E-state index < -0.39 is 0 Å². The number of nitrogens with zero attached hydrogens (tertiary/aromatic N) is 1. The molecule has 108 valence electrons. The van der Waals surface area contributed by atoms with Gasteiger partial charge in [-0.2, -0.15) is 0 Å². The van der Waals surface area contributed by atoms with E-state index in [0.717, 1.165) is 23.2 Å². The first-order chi connectivity index (χ1) is 10.2. The molecule has 0 saturated carbocycles. The van der Waals surface area contributed by atoms with E-state index in [0.29, 0.717) is 16.9 Å². The highest BCUT2D eigenvalue weighted by atomic mass is 32.1. The largest absolute Gasteiger partial charge is 0.384 e. The van der Waals surface area contributed by atoms with Gasteiger partial charge in [-0.25, -0.2) is 4.39 Å². The zero-order valence-corrected chi connectivity index (χ0v) is 12.4. The Morgan fingerprint density at radius 3 is 2.81 bits per heavy atom. The maximum Gasteiger partial charge on any atom is 0.182 e. The van der Waals surface area contributed by atoms with Crippen LogP contribution in [0.2, 0.25) is 0 Å². The first-order valence-electron chi connectivity index (χ1n) is 6.69. The number of aromatic amines is 1. The molecule has 0 aliphatic heterocycles. The van der Waals surface area contributed by atoms with Crippen LogP contribution in [-0.2, 0) is 11.2 Å². The molecule has 0 radical (unpaired) electrons. The number of halogens is 1. The van der Waals surface area contributed by atoms with E-state index in [4.69, 9.17) is 17.0 Å². The number of hydrogen-bond donors (Lipinski definition) is 1. The van der Waals surface area contributed by atoms with Gasteiger partial charge in [0.15, 0.2) is 4.77 Å². The predicted molar refractivity (Wildman–Crippen MR) is 84.0 cm³/mol. The molecule has 0 fully saturated rings. The summed E-state index contributed by atoms with van der Waals surface area (Å²) in [5.74, 6) is -0.299. The Bertz CT molecular complexity index is 838. The Balaban J connectivity index is 2.24. The summed E-state index contributed by atoms with van der Waals surface area (Å²) in [5.41, 5.74) is 3.24. The number of para-hydroxylation sites is 2. The first-order valence-corrected chi connectivity index (χ1v) is 7.09. The van der Waals surface area contributed by atoms with Gasteiger partial charge < -0.3 is 9.72 Å². The van der Waals surface area contributed by atoms with E-state index in [1.165, 1.54) is 6.07 Å². The number of imidazole rings is 1. The lowest BCUT2D eigenvalue weighted by molar-refractivity contribution is 0.202. The van der Waals surface area contributed by atoms with Crippen molar-refractivity contribution in [2.45, 2.75) is 6.42 Å². The fourth-order valence-electron chi connectivity index (χ4n) is 2.49. The van der Waals surface area contributed by atoms with Gasteiger partial charge in [0, 0.05) is 7.11 Å². The van der Waals surface area contributed by atoms with E-state index in [1.54, 1.807) is 13.2 Å². The molecule has 1 N–H and O–H groups in total. The van der Waals surface area contributed by atoms with Crippen molar-refractivity contribution >= 4 is 23.3 Å². The molecular weight excluding hydrogens is 287 g/mol. The molecule has 0 aliphatic carbocycles. The topological polar surface area (TPSA) is 29.9 Å². The Labute approximate surface area is 127 Å². The molecule has 3 aromatic rings. The molecule has 0 aliphatic rings. The van der Waals surface area contributed by atoms with Crippen LogP contribution in [0.1, 0.15) is 5.56 Å². The Morgan fingerprint density at radius 1 is 1.19 bits per heavy atom. The standard InChI is InChI=1S/C16H15FN2OS/c1-20-10-9-11-5-2-3-7-13(11)19-14-8-4-6-12(17)15(14)18-16(19)21/h2-8H,9-10H2,1H3,(H,18,21). The number of aromatic nitrogens is 2. The van der Waals surface area contributed by atoms with Gasteiger partial charge in [0.05, 0.1) is 17.8 Å². The normalized spacial score (nSPS) is 11.1. The van der Waals surface area contributed by atoms with Gasteiger partial charge in [0.1, 0.15) is 11.3 Å². The van der Waals surface area contributed by atoms with Crippen LogP contribution in [0.15, 0.2) is 42.5 Å². The quantitative estimate of drug-likeness (QED) is 0.738. The average Bonchev–Trinajstić information content (AvgIpc) is 2.83. The molecule has 2 aromatic carbocycles. The molecule has 3 nitrogen and oxygen atoms in total. The number of rotatable bonds is 4. The summed E-state index contributed by atoms with van der Waals surface area (Å²) in [5, 5.41) is 0. The van der Waals surface area contributed by atoms with Gasteiger partial charge >= 0.3 is 0 Å². The van der Waals surface area contributed by atoms with Crippen molar-refractivity contribution in [3.05, 3.63) is 58.6 Å². The number of fused-ring (bicyclic) bond motifs is 1. The van der Waals surface area contributed by atoms with Crippen molar-refractivity contribution in [1.82, 2.24) is 9.55 Å². The summed E-state index contributed by atoms with van der Waals surface area (Å²) < 4.78 is 21.4. The number of nitrogens with one attached hydrogen (secondary N) is 1. The van der Waals surface area contributed by atoms with Crippen molar-refractivity contribution in [3.8, 4) is 5.69 Å². The zero-order chi connectivity index (χ0) is 14.8. The van der Waals surface area contributed by atoms with Crippen LogP contribution in [0.3, 0.4) is 0 Å². The van der Waals surface area contributed by atoms with E-state index in [1.807, 2.05) is 34.9 Å². The third kappa shape index (κ3) is 2.50. The monoisotopic (exact) mass is 302 g/mol. The van der Waals surface area contributed by atoms with Gasteiger partial charge in [-0.3, -0.25) is 4.57 Å². The van der Waals surface area contributed by atoms with Crippen LogP contribution in [0.5, 0.6) is 0 Å². The van der Waals surface area contributed by atoms with Gasteiger partial charge in [0.2, 0.25) is 0 Å². The van der Waals surface area contributed by atoms with Crippen LogP contribution in [-0.4, -0.2) is 23.3 Å². The number of hydrogen-bond acceptors (Lipinski definition) is 2. The highest BCUT2D eigenvalue weighted by Crippen LogP contribution is 2.24. The third-order valence-electron chi connectivity index (χ3n) is 3.48. The molecule has 5 heteroatoms. The minimum atomic E-state index is -0.299. The van der Waals surface area contributed by atoms with Crippen LogP contribution >= 0.6 is 12.2 Å². The Kier molecular flexibility index (Phi) is 3.86. The number of H-pyrrole nitrogens is 1. The van der Waals surface area contributed by atoms with Gasteiger partial charge in [-0.1, -0.05) is 24.3 Å². The van der Waals surface area contributed by atoms with Gasteiger partial charge in [-0.05, 0) is 42.4 Å². The molecule has 0 atom stereocenters. The third-order valence-corrected chi connectivity index (χ3v) is 3.76. The lowest BCUT2D eigenvalue weighted by Gasteiger charge is -2.11. The zero-order valence-electron chi connectivity index (χ0n) is 11.6. The van der Waals surface area contributed by atoms with Crippen LogP contribution < -0.4 is 0 Å². The van der Waals surface area contributed by atoms with Crippen molar-refractivity contribution in [3.63, 3.8) is 0 Å². The molecule has 0 spiro atoms. The smallest absolute Gasteiger partial charge is 0.182 e. The summed E-state index contributed by atoms with van der Waals surface area (Å²) >= 11 is 5.38. The number of methoxy groups -OCH3 is 1. The average molecular weight is 302 g/mol. The lowest BCUT2D eigenvalue weighted by Crippen LogP contribution is -2.02. The predicted octanol–water partition coefficient (Wildman–Crippen LogP) is 4.02. The van der Waals surface area contributed by atoms with E-state index in [9.17, 15) is 4.39 Å². The fraction of sp³-hybridized carbons (Fsp3) is 0.188. The Hall–Kier alpha value is -1.98. The van der Waals surface area contributed by atoms with E-state index in [2.05, 4.69) is 4.98 Å². The van der Waals surface area contributed by atoms with Crippen molar-refractivity contribution < 1.29 is 9.13 Å². The second-order valence-electron chi connectivity index (χ2n) is 4.77. The summed E-state index contributed by atoms with van der Waals surface area (Å²) in [4.78, 5) is 2.95. The van der Waals surface area contributed by atoms with Crippen molar-refractivity contribution in [1.29, 1.82) is 0 Å². The summed E-state index contributed by atoms with van der Waals surface area (Å²) in [7, 11) is 1.68. The molecule has 3 rings (SSSR count). The maximum atomic E-state index is 13.9. The van der Waals surface area contributed by atoms with Crippen molar-refractivity contribution in [2.75, 3.05) is 13.7 Å². The fourth-order valence-corrected chi connectivity index (χ4v) is 2.79. The van der Waals surface area contributed by atoms with Gasteiger partial charge in [-0.15, -0.1) is 0 Å². The van der Waals surface area contributed by atoms with Gasteiger partial charge in [0.25, 0.3) is 0 Å². The highest BCUT2D eigenvalue weighted by Gasteiger charge is 2.12. The Morgan fingerprint density at radius 2 is 2.00 bits per heavy atom. The lowest BCUT2D eigenvalue weighted by atomic mass is 10.1. The SMILES string of the molecule is COCCc1ccccc1-n1c(=S)[nH]c2c(F)cccc21. The molecule has 0 unspecified atom stereocenters.